The number of fused-ring (bicyclic) bond motifs is 1. The van der Waals surface area contributed by atoms with Crippen molar-refractivity contribution in [2.75, 3.05) is 11.6 Å². The third-order valence-electron chi connectivity index (χ3n) is 4.20. The van der Waals surface area contributed by atoms with E-state index in [0.717, 1.165) is 27.1 Å². The molecule has 25 heavy (non-hydrogen) atoms. The molecule has 1 aromatic heterocycles. The molecular formula is C20H20N2O2S. The Hall–Kier alpha value is -2.53. The first-order chi connectivity index (χ1) is 12.0. The van der Waals surface area contributed by atoms with Crippen LogP contribution in [0.3, 0.4) is 0 Å². The summed E-state index contributed by atoms with van der Waals surface area (Å²) in [5.41, 5.74) is 2.58. The number of nitrogens with zero attached hydrogens (tertiary/aromatic N) is 1. The van der Waals surface area contributed by atoms with Crippen molar-refractivity contribution in [1.29, 1.82) is 0 Å². The fourth-order valence-corrected chi connectivity index (χ4v) is 3.29. The van der Waals surface area contributed by atoms with Crippen LogP contribution in [0.25, 0.3) is 21.9 Å². The molecule has 0 spiro atoms. The summed E-state index contributed by atoms with van der Waals surface area (Å²) < 4.78 is 1.59. The second-order valence-electron chi connectivity index (χ2n) is 5.82. The van der Waals surface area contributed by atoms with E-state index in [9.17, 15) is 9.59 Å². The zero-order chi connectivity index (χ0) is 18.0. The zero-order valence-electron chi connectivity index (χ0n) is 14.5. The van der Waals surface area contributed by atoms with E-state index in [2.05, 4.69) is 11.4 Å². The molecular weight excluding hydrogens is 332 g/mol. The number of thioether (sulfide) groups is 1. The van der Waals surface area contributed by atoms with Crippen molar-refractivity contribution in [3.8, 4) is 11.1 Å². The molecule has 1 N–H and O–H groups in total. The average molecular weight is 352 g/mol. The summed E-state index contributed by atoms with van der Waals surface area (Å²) in [7, 11) is 1.75. The predicted octanol–water partition coefficient (Wildman–Crippen LogP) is 4.28. The molecule has 5 heteroatoms. The Bertz CT molecular complexity index is 1010. The molecule has 0 aliphatic rings. The summed E-state index contributed by atoms with van der Waals surface area (Å²) in [5.74, 6) is -0.0349. The lowest BCUT2D eigenvalue weighted by atomic mass is 9.99. The van der Waals surface area contributed by atoms with Crippen molar-refractivity contribution in [3.05, 3.63) is 59.0 Å². The van der Waals surface area contributed by atoms with Crippen LogP contribution in [0, 0.1) is 0 Å². The summed E-state index contributed by atoms with van der Waals surface area (Å²) >= 11 is 1.64. The Kier molecular flexibility index (Phi) is 4.95. The lowest BCUT2D eigenvalue weighted by molar-refractivity contribution is -0.115. The minimum Gasteiger partial charge on any atom is -0.326 e. The first kappa shape index (κ1) is 17.3. The third kappa shape index (κ3) is 3.33. The molecule has 1 heterocycles. The number of aromatic nitrogens is 1. The highest BCUT2D eigenvalue weighted by Crippen LogP contribution is 2.35. The van der Waals surface area contributed by atoms with Gasteiger partial charge in [0.15, 0.2) is 0 Å². The molecule has 0 aliphatic heterocycles. The van der Waals surface area contributed by atoms with Crippen LogP contribution in [0.15, 0.2) is 58.4 Å². The second kappa shape index (κ2) is 7.15. The lowest BCUT2D eigenvalue weighted by Crippen LogP contribution is -2.17. The van der Waals surface area contributed by atoms with Gasteiger partial charge >= 0.3 is 0 Å². The average Bonchev–Trinajstić information content (AvgIpc) is 2.65. The number of hydrogen-bond donors (Lipinski definition) is 1. The van der Waals surface area contributed by atoms with Crippen LogP contribution in [0.5, 0.6) is 0 Å². The Morgan fingerprint density at radius 1 is 1.12 bits per heavy atom. The highest BCUT2D eigenvalue weighted by atomic mass is 32.2. The first-order valence-electron chi connectivity index (χ1n) is 8.11. The standard InChI is InChI=1S/C20H20N2O2S/c1-4-19(23)21-18-10-9-13(25-3)11-16(18)17-12-22(2)20(24)15-8-6-5-7-14(15)17/h5-12H,4H2,1-3H3,(H,21,23). The maximum Gasteiger partial charge on any atom is 0.258 e. The predicted molar refractivity (Wildman–Crippen MR) is 105 cm³/mol. The molecule has 0 atom stereocenters. The van der Waals surface area contributed by atoms with Gasteiger partial charge in [-0.2, -0.15) is 0 Å². The van der Waals surface area contributed by atoms with Crippen LogP contribution < -0.4 is 10.9 Å². The number of rotatable bonds is 4. The van der Waals surface area contributed by atoms with Crippen molar-refractivity contribution in [3.63, 3.8) is 0 Å². The van der Waals surface area contributed by atoms with Crippen LogP contribution >= 0.6 is 11.8 Å². The van der Waals surface area contributed by atoms with Gasteiger partial charge < -0.3 is 9.88 Å². The molecule has 3 aromatic rings. The fraction of sp³-hybridized carbons (Fsp3) is 0.200. The van der Waals surface area contributed by atoms with Crippen molar-refractivity contribution in [1.82, 2.24) is 4.57 Å². The Balaban J connectivity index is 2.32. The number of benzene rings is 2. The number of amides is 1. The van der Waals surface area contributed by atoms with Gasteiger partial charge in [0.2, 0.25) is 5.91 Å². The van der Waals surface area contributed by atoms with Gasteiger partial charge in [-0.25, -0.2) is 0 Å². The van der Waals surface area contributed by atoms with Crippen molar-refractivity contribution in [2.24, 2.45) is 7.05 Å². The number of pyridine rings is 1. The highest BCUT2D eigenvalue weighted by molar-refractivity contribution is 7.98. The van der Waals surface area contributed by atoms with E-state index >= 15 is 0 Å². The van der Waals surface area contributed by atoms with Crippen molar-refractivity contribution < 1.29 is 4.79 Å². The van der Waals surface area contributed by atoms with Crippen LogP contribution in [0.1, 0.15) is 13.3 Å². The molecule has 0 radical (unpaired) electrons. The van der Waals surface area contributed by atoms with Crippen LogP contribution in [0.4, 0.5) is 5.69 Å². The molecule has 128 valence electrons. The number of hydrogen-bond acceptors (Lipinski definition) is 3. The van der Waals surface area contributed by atoms with Gasteiger partial charge in [-0.05, 0) is 35.9 Å². The molecule has 3 rings (SSSR count). The van der Waals surface area contributed by atoms with E-state index < -0.39 is 0 Å². The van der Waals surface area contributed by atoms with Crippen LogP contribution in [-0.4, -0.2) is 16.7 Å². The van der Waals surface area contributed by atoms with Gasteiger partial charge in [-0.1, -0.05) is 25.1 Å². The van der Waals surface area contributed by atoms with Gasteiger partial charge in [0.25, 0.3) is 5.56 Å². The van der Waals surface area contributed by atoms with Gasteiger partial charge in [0.1, 0.15) is 0 Å². The molecule has 0 aliphatic carbocycles. The summed E-state index contributed by atoms with van der Waals surface area (Å²) in [6.45, 7) is 1.83. The van der Waals surface area contributed by atoms with E-state index in [-0.39, 0.29) is 11.5 Å². The summed E-state index contributed by atoms with van der Waals surface area (Å²) in [6, 6.07) is 13.5. The maximum atomic E-state index is 12.4. The largest absolute Gasteiger partial charge is 0.326 e. The van der Waals surface area contributed by atoms with Gasteiger partial charge in [-0.15, -0.1) is 11.8 Å². The number of carbonyl (C=O) groups is 1. The van der Waals surface area contributed by atoms with E-state index in [4.69, 9.17) is 0 Å². The minimum atomic E-state index is -0.0349. The van der Waals surface area contributed by atoms with Gasteiger partial charge in [-0.3, -0.25) is 9.59 Å². The molecule has 2 aromatic carbocycles. The third-order valence-corrected chi connectivity index (χ3v) is 4.93. The Morgan fingerprint density at radius 2 is 1.84 bits per heavy atom. The SMILES string of the molecule is CCC(=O)Nc1ccc(SC)cc1-c1cn(C)c(=O)c2ccccc12. The number of aryl methyl sites for hydroxylation is 1. The highest BCUT2D eigenvalue weighted by Gasteiger charge is 2.14. The van der Waals surface area contributed by atoms with Crippen molar-refractivity contribution >= 4 is 34.1 Å². The summed E-state index contributed by atoms with van der Waals surface area (Å²) in [4.78, 5) is 25.5. The van der Waals surface area contributed by atoms with E-state index in [1.165, 1.54) is 0 Å². The van der Waals surface area contributed by atoms with E-state index in [1.807, 2.05) is 55.8 Å². The zero-order valence-corrected chi connectivity index (χ0v) is 15.3. The summed E-state index contributed by atoms with van der Waals surface area (Å²) in [5, 5.41) is 4.53. The normalized spacial score (nSPS) is 10.8. The van der Waals surface area contributed by atoms with Gasteiger partial charge in [0, 0.05) is 46.8 Å². The van der Waals surface area contributed by atoms with Crippen LogP contribution in [-0.2, 0) is 11.8 Å². The smallest absolute Gasteiger partial charge is 0.258 e. The molecule has 4 nitrogen and oxygen atoms in total. The van der Waals surface area contributed by atoms with Crippen LogP contribution in [0.2, 0.25) is 0 Å². The number of anilines is 1. The van der Waals surface area contributed by atoms with E-state index in [0.29, 0.717) is 11.8 Å². The molecule has 0 fully saturated rings. The monoisotopic (exact) mass is 352 g/mol. The Morgan fingerprint density at radius 3 is 2.52 bits per heavy atom. The quantitative estimate of drug-likeness (QED) is 0.713. The fourth-order valence-electron chi connectivity index (χ4n) is 2.85. The maximum absolute atomic E-state index is 12.4. The topological polar surface area (TPSA) is 51.1 Å². The molecule has 0 unspecified atom stereocenters. The number of carbonyl (C=O) groups excluding carboxylic acids is 1. The van der Waals surface area contributed by atoms with Crippen molar-refractivity contribution in [2.45, 2.75) is 18.2 Å². The molecule has 0 bridgehead atoms. The van der Waals surface area contributed by atoms with Gasteiger partial charge in [0.05, 0.1) is 0 Å². The van der Waals surface area contributed by atoms with E-state index in [1.54, 1.807) is 23.4 Å². The summed E-state index contributed by atoms with van der Waals surface area (Å²) in [6.07, 6.45) is 4.27. The minimum absolute atomic E-state index is 0.0282. The molecule has 1 amide bonds. The Labute approximate surface area is 150 Å². The number of nitrogens with one attached hydrogen (secondary N) is 1. The molecule has 0 saturated heterocycles. The lowest BCUT2D eigenvalue weighted by Gasteiger charge is -2.15. The first-order valence-corrected chi connectivity index (χ1v) is 9.34. The molecule has 0 saturated carbocycles. The second-order valence-corrected chi connectivity index (χ2v) is 6.70.